The maximum atomic E-state index is 13.2. The number of benzene rings is 3. The zero-order valence-electron chi connectivity index (χ0n) is 12.9. The van der Waals surface area contributed by atoms with Gasteiger partial charge in [0.1, 0.15) is 0 Å². The highest BCUT2D eigenvalue weighted by atomic mass is 127. The molecular weight excluding hydrogens is 449 g/mol. The van der Waals surface area contributed by atoms with E-state index < -0.39 is 15.9 Å². The Morgan fingerprint density at radius 3 is 2.28 bits per heavy atom. The van der Waals surface area contributed by atoms with Gasteiger partial charge in [-0.25, -0.2) is 8.42 Å². The molecule has 3 aromatic rings. The minimum atomic E-state index is -3.98. The molecule has 0 saturated carbocycles. The predicted molar refractivity (Wildman–Crippen MR) is 105 cm³/mol. The zero-order chi connectivity index (χ0) is 17.6. The van der Waals surface area contributed by atoms with Crippen molar-refractivity contribution < 1.29 is 13.2 Å². The summed E-state index contributed by atoms with van der Waals surface area (Å²) in [6.07, 6.45) is 0. The van der Waals surface area contributed by atoms with E-state index >= 15 is 0 Å². The Kier molecular flexibility index (Phi) is 3.88. The van der Waals surface area contributed by atoms with E-state index in [9.17, 15) is 13.2 Å². The van der Waals surface area contributed by atoms with Gasteiger partial charge in [-0.3, -0.25) is 4.79 Å². The first-order valence-electron chi connectivity index (χ1n) is 7.54. The highest BCUT2D eigenvalue weighted by molar-refractivity contribution is 14.1. The third-order valence-corrected chi connectivity index (χ3v) is 6.50. The summed E-state index contributed by atoms with van der Waals surface area (Å²) in [5, 5.41) is 0. The van der Waals surface area contributed by atoms with Gasteiger partial charge < -0.3 is 0 Å². The fourth-order valence-electron chi connectivity index (χ4n) is 2.98. The Balaban J connectivity index is 1.99. The van der Waals surface area contributed by atoms with E-state index in [4.69, 9.17) is 0 Å². The molecule has 0 N–H and O–H groups in total. The Morgan fingerprint density at radius 1 is 0.840 bits per heavy atom. The van der Waals surface area contributed by atoms with Crippen molar-refractivity contribution in [3.05, 3.63) is 81.9 Å². The van der Waals surface area contributed by atoms with E-state index in [2.05, 4.69) is 22.6 Å². The number of hydrogen-bond acceptors (Lipinski definition) is 3. The van der Waals surface area contributed by atoms with Gasteiger partial charge in [0.2, 0.25) is 0 Å². The number of fused-ring (bicyclic) bond motifs is 3. The summed E-state index contributed by atoms with van der Waals surface area (Å²) >= 11 is 2.10. The third kappa shape index (κ3) is 2.56. The van der Waals surface area contributed by atoms with Crippen LogP contribution in [0.4, 0.5) is 5.69 Å². The summed E-state index contributed by atoms with van der Waals surface area (Å²) in [7, 11) is -3.98. The van der Waals surface area contributed by atoms with Gasteiger partial charge in [0.05, 0.1) is 10.6 Å². The van der Waals surface area contributed by atoms with E-state index in [1.54, 1.807) is 48.5 Å². The molecule has 4 nitrogen and oxygen atoms in total. The van der Waals surface area contributed by atoms with Crippen LogP contribution < -0.4 is 4.31 Å². The van der Waals surface area contributed by atoms with Crippen molar-refractivity contribution in [2.45, 2.75) is 4.90 Å². The lowest BCUT2D eigenvalue weighted by molar-refractivity contribution is 0.100. The lowest BCUT2D eigenvalue weighted by atomic mass is 10.0. The van der Waals surface area contributed by atoms with Crippen LogP contribution in [0.3, 0.4) is 0 Å². The fourth-order valence-corrected chi connectivity index (χ4v) is 5.17. The van der Waals surface area contributed by atoms with Gasteiger partial charge in [0.25, 0.3) is 15.9 Å². The molecule has 25 heavy (non-hydrogen) atoms. The summed E-state index contributed by atoms with van der Waals surface area (Å²) in [4.78, 5) is 13.2. The van der Waals surface area contributed by atoms with E-state index in [0.717, 1.165) is 13.4 Å². The number of hydrogen-bond donors (Lipinski definition) is 0. The molecule has 3 aromatic carbocycles. The molecule has 1 amide bonds. The van der Waals surface area contributed by atoms with E-state index in [1.807, 2.05) is 18.2 Å². The van der Waals surface area contributed by atoms with Crippen LogP contribution in [0.5, 0.6) is 0 Å². The minimum Gasteiger partial charge on any atom is -0.268 e. The molecule has 124 valence electrons. The first-order valence-corrected chi connectivity index (χ1v) is 10.1. The monoisotopic (exact) mass is 461 g/mol. The van der Waals surface area contributed by atoms with Crippen molar-refractivity contribution in [2.75, 3.05) is 4.31 Å². The smallest absolute Gasteiger partial charge is 0.268 e. The molecule has 0 radical (unpaired) electrons. The highest BCUT2D eigenvalue weighted by Crippen LogP contribution is 2.43. The highest BCUT2D eigenvalue weighted by Gasteiger charge is 2.39. The first kappa shape index (κ1) is 16.3. The molecule has 0 bridgehead atoms. The number of para-hydroxylation sites is 1. The van der Waals surface area contributed by atoms with Gasteiger partial charge in [-0.15, -0.1) is 0 Å². The summed E-state index contributed by atoms with van der Waals surface area (Å²) < 4.78 is 28.1. The van der Waals surface area contributed by atoms with Gasteiger partial charge in [0, 0.05) is 20.3 Å². The number of rotatable bonds is 1. The normalized spacial score (nSPS) is 14.5. The molecule has 0 saturated heterocycles. The number of nitrogens with zero attached hydrogens (tertiary/aromatic N) is 1. The van der Waals surface area contributed by atoms with Crippen molar-refractivity contribution in [3.63, 3.8) is 0 Å². The zero-order valence-corrected chi connectivity index (χ0v) is 15.9. The van der Waals surface area contributed by atoms with Crippen LogP contribution in [-0.4, -0.2) is 14.3 Å². The van der Waals surface area contributed by atoms with E-state index in [-0.39, 0.29) is 4.90 Å². The van der Waals surface area contributed by atoms with Gasteiger partial charge >= 0.3 is 0 Å². The molecular formula is C19H12INO3S. The summed E-state index contributed by atoms with van der Waals surface area (Å²) in [6.45, 7) is 0. The summed E-state index contributed by atoms with van der Waals surface area (Å²) in [6, 6.07) is 20.7. The number of carbonyl (C=O) groups excluding carboxylic acids is 1. The van der Waals surface area contributed by atoms with Crippen LogP contribution in [0.25, 0.3) is 11.1 Å². The fraction of sp³-hybridized carbons (Fsp3) is 0. The molecule has 4 rings (SSSR count). The van der Waals surface area contributed by atoms with Crippen LogP contribution in [-0.2, 0) is 10.0 Å². The van der Waals surface area contributed by atoms with Crippen LogP contribution >= 0.6 is 22.6 Å². The molecule has 1 heterocycles. The molecule has 0 aliphatic carbocycles. The predicted octanol–water partition coefficient (Wildman–Crippen LogP) is 4.31. The quantitative estimate of drug-likeness (QED) is 0.508. The largest absolute Gasteiger partial charge is 0.272 e. The molecule has 1 aliphatic rings. The average Bonchev–Trinajstić information content (AvgIpc) is 2.61. The molecule has 0 spiro atoms. The van der Waals surface area contributed by atoms with Crippen molar-refractivity contribution in [2.24, 2.45) is 0 Å². The maximum Gasteiger partial charge on any atom is 0.272 e. The Hall–Kier alpha value is -2.19. The molecule has 0 fully saturated rings. The number of halogens is 1. The Labute approximate surface area is 159 Å². The van der Waals surface area contributed by atoms with Crippen molar-refractivity contribution >= 4 is 44.2 Å². The Bertz CT molecular complexity index is 1110. The molecule has 0 atom stereocenters. The molecule has 1 aliphatic heterocycles. The van der Waals surface area contributed by atoms with Gasteiger partial charge in [-0.05, 0) is 52.9 Å². The summed E-state index contributed by atoms with van der Waals surface area (Å²) in [5.41, 5.74) is 2.06. The van der Waals surface area contributed by atoms with E-state index in [0.29, 0.717) is 16.8 Å². The minimum absolute atomic E-state index is 0.146. The van der Waals surface area contributed by atoms with Crippen LogP contribution in [0.2, 0.25) is 0 Å². The van der Waals surface area contributed by atoms with Gasteiger partial charge in [0.15, 0.2) is 0 Å². The van der Waals surface area contributed by atoms with Crippen molar-refractivity contribution in [3.8, 4) is 11.1 Å². The van der Waals surface area contributed by atoms with Crippen LogP contribution in [0.1, 0.15) is 10.4 Å². The topological polar surface area (TPSA) is 54.5 Å². The maximum absolute atomic E-state index is 13.2. The number of amides is 1. The first-order chi connectivity index (χ1) is 12.0. The van der Waals surface area contributed by atoms with Crippen molar-refractivity contribution in [1.82, 2.24) is 0 Å². The average molecular weight is 461 g/mol. The standard InChI is InChI=1S/C19H12INO3S/c20-14-7-5-6-13(12-14)19(22)21-17-10-3-1-8-15(17)16-9-2-4-11-18(16)25(21,23)24/h1-12H. The molecule has 6 heteroatoms. The third-order valence-electron chi connectivity index (χ3n) is 4.07. The van der Waals surface area contributed by atoms with Gasteiger partial charge in [-0.2, -0.15) is 4.31 Å². The second-order valence-electron chi connectivity index (χ2n) is 5.60. The van der Waals surface area contributed by atoms with Crippen LogP contribution in [0, 0.1) is 3.57 Å². The SMILES string of the molecule is O=C(c1cccc(I)c1)N1c2ccccc2-c2ccccc2S1(=O)=O. The van der Waals surface area contributed by atoms with Gasteiger partial charge in [-0.1, -0.05) is 42.5 Å². The number of carbonyl (C=O) groups is 1. The second-order valence-corrected chi connectivity index (χ2v) is 8.60. The van der Waals surface area contributed by atoms with Crippen molar-refractivity contribution in [1.29, 1.82) is 0 Å². The Morgan fingerprint density at radius 2 is 1.52 bits per heavy atom. The van der Waals surface area contributed by atoms with E-state index in [1.165, 1.54) is 6.07 Å². The molecule has 0 aromatic heterocycles. The van der Waals surface area contributed by atoms with Crippen LogP contribution in [0.15, 0.2) is 77.7 Å². The second kappa shape index (κ2) is 5.96. The lowest BCUT2D eigenvalue weighted by Gasteiger charge is -2.30. The molecule has 0 unspecified atom stereocenters. The number of anilines is 1. The summed E-state index contributed by atoms with van der Waals surface area (Å²) in [5.74, 6) is -0.555. The lowest BCUT2D eigenvalue weighted by Crippen LogP contribution is -2.39. The number of sulfonamides is 1.